The minimum absolute atomic E-state index is 1.33. The summed E-state index contributed by atoms with van der Waals surface area (Å²) < 4.78 is 0. The second-order valence-corrected chi connectivity index (χ2v) is 3.40. The Bertz CT molecular complexity index is 374. The normalized spacial score (nSPS) is 10.3. The molecule has 11 heavy (non-hydrogen) atoms. The Balaban J connectivity index is 2.91. The smallest absolute Gasteiger partial charge is 0.0485 e. The van der Waals surface area contributed by atoms with Gasteiger partial charge in [-0.05, 0) is 10.8 Å². The molecule has 0 saturated carbocycles. The van der Waals surface area contributed by atoms with Crippen molar-refractivity contribution in [2.24, 2.45) is 0 Å². The van der Waals surface area contributed by atoms with Crippen molar-refractivity contribution in [1.82, 2.24) is 0 Å². The van der Waals surface area contributed by atoms with Gasteiger partial charge in [0.05, 0.1) is 0 Å². The zero-order chi connectivity index (χ0) is 7.68. The first kappa shape index (κ1) is 6.62. The van der Waals surface area contributed by atoms with Gasteiger partial charge in [0.2, 0.25) is 0 Å². The van der Waals surface area contributed by atoms with E-state index < -0.39 is 0 Å². The molecule has 0 aromatic heterocycles. The molecule has 2 aromatic carbocycles. The van der Waals surface area contributed by atoms with Crippen LogP contribution in [0.1, 0.15) is 0 Å². The first-order chi connectivity index (χ1) is 5.38. The summed E-state index contributed by atoms with van der Waals surface area (Å²) in [4.78, 5) is 0. The summed E-state index contributed by atoms with van der Waals surface area (Å²) in [6, 6.07) is 14.9. The molecule has 0 aliphatic heterocycles. The molecule has 1 heteroatoms. The minimum Gasteiger partial charge on any atom is -0.0633 e. The van der Waals surface area contributed by atoms with Crippen LogP contribution in [0.2, 0.25) is 0 Å². The molecule has 0 saturated heterocycles. The van der Waals surface area contributed by atoms with Crippen LogP contribution in [0.5, 0.6) is 0 Å². The van der Waals surface area contributed by atoms with Crippen molar-refractivity contribution in [2.75, 3.05) is 0 Å². The Hall–Kier alpha value is -1.08. The predicted molar refractivity (Wildman–Crippen MR) is 52.1 cm³/mol. The van der Waals surface area contributed by atoms with Gasteiger partial charge in [-0.25, -0.2) is 0 Å². The van der Waals surface area contributed by atoms with Crippen molar-refractivity contribution in [1.29, 1.82) is 0 Å². The average molecular weight is 157 g/mol. The minimum atomic E-state index is 1.33. The van der Waals surface area contributed by atoms with Gasteiger partial charge in [0.15, 0.2) is 0 Å². The molecule has 0 aliphatic rings. The van der Waals surface area contributed by atoms with Gasteiger partial charge in [-0.3, -0.25) is 0 Å². The van der Waals surface area contributed by atoms with Crippen LogP contribution in [0.15, 0.2) is 42.5 Å². The van der Waals surface area contributed by atoms with Gasteiger partial charge < -0.3 is 0 Å². The number of fused-ring (bicyclic) bond motifs is 1. The van der Waals surface area contributed by atoms with E-state index in [1.165, 1.54) is 16.0 Å². The Morgan fingerprint density at radius 3 is 2.36 bits per heavy atom. The molecule has 0 amide bonds. The molecule has 53 valence electrons. The molecule has 0 aliphatic carbocycles. The average Bonchev–Trinajstić information content (AvgIpc) is 2.06. The molecule has 0 bridgehead atoms. The van der Waals surface area contributed by atoms with Crippen molar-refractivity contribution in [2.45, 2.75) is 0 Å². The lowest BCUT2D eigenvalue weighted by Crippen LogP contribution is -2.01. The van der Waals surface area contributed by atoms with Gasteiger partial charge >= 0.3 is 0 Å². The SMILES string of the molecule is [SiH2]c1cccc2ccccc12. The molecule has 0 unspecified atom stereocenters. The van der Waals surface area contributed by atoms with E-state index in [0.717, 1.165) is 0 Å². The van der Waals surface area contributed by atoms with E-state index in [-0.39, 0.29) is 0 Å². The van der Waals surface area contributed by atoms with Gasteiger partial charge in [-0.1, -0.05) is 47.7 Å². The third-order valence-corrected chi connectivity index (χ3v) is 2.50. The third-order valence-electron chi connectivity index (χ3n) is 1.88. The van der Waals surface area contributed by atoms with Crippen molar-refractivity contribution < 1.29 is 0 Å². The summed E-state index contributed by atoms with van der Waals surface area (Å²) in [5.74, 6) is 0. The Labute approximate surface area is 69.3 Å². The van der Waals surface area contributed by atoms with E-state index in [2.05, 4.69) is 42.5 Å². The van der Waals surface area contributed by atoms with Gasteiger partial charge in [0.25, 0.3) is 0 Å². The summed E-state index contributed by atoms with van der Waals surface area (Å²) in [6.07, 6.45) is 0. The zero-order valence-corrected chi connectivity index (χ0v) is 7.66. The fourth-order valence-electron chi connectivity index (χ4n) is 1.29. The van der Waals surface area contributed by atoms with Gasteiger partial charge in [-0.2, -0.15) is 0 Å². The molecule has 0 atom stereocenters. The maximum Gasteiger partial charge on any atom is 0.0485 e. The van der Waals surface area contributed by atoms with Crippen molar-refractivity contribution in [3.05, 3.63) is 42.5 Å². The summed E-state index contributed by atoms with van der Waals surface area (Å²) >= 11 is 0. The standard InChI is InChI=1S/C10H9Si/c11-10-7-3-5-8-4-1-2-6-9(8)10/h1-7H,11H2. The molecule has 2 aromatic rings. The predicted octanol–water partition coefficient (Wildman–Crippen LogP) is 1.10. The summed E-state index contributed by atoms with van der Waals surface area (Å²) in [6.45, 7) is 0. The van der Waals surface area contributed by atoms with E-state index in [1.54, 1.807) is 0 Å². The van der Waals surface area contributed by atoms with Crippen LogP contribution in [0.3, 0.4) is 0 Å². The topological polar surface area (TPSA) is 0 Å². The number of hydrogen-bond acceptors (Lipinski definition) is 0. The summed E-state index contributed by atoms with van der Waals surface area (Å²) in [5, 5.41) is 4.08. The van der Waals surface area contributed by atoms with Gasteiger partial charge in [0.1, 0.15) is 0 Å². The van der Waals surface area contributed by atoms with E-state index in [0.29, 0.717) is 0 Å². The second kappa shape index (κ2) is 2.51. The largest absolute Gasteiger partial charge is 0.0633 e. The van der Waals surface area contributed by atoms with Crippen LogP contribution in [0, 0.1) is 0 Å². The molecule has 0 fully saturated rings. The number of hydrogen-bond donors (Lipinski definition) is 0. The third kappa shape index (κ3) is 1.08. The van der Waals surface area contributed by atoms with Crippen LogP contribution in [-0.4, -0.2) is 10.2 Å². The fraction of sp³-hybridized carbons (Fsp3) is 0. The van der Waals surface area contributed by atoms with Crippen molar-refractivity contribution in [3.8, 4) is 0 Å². The highest BCUT2D eigenvalue weighted by atomic mass is 28.1. The summed E-state index contributed by atoms with van der Waals surface area (Å²) in [7, 11) is 1.94. The Morgan fingerprint density at radius 2 is 1.55 bits per heavy atom. The Morgan fingerprint density at radius 1 is 0.818 bits per heavy atom. The van der Waals surface area contributed by atoms with Crippen LogP contribution < -0.4 is 5.19 Å². The van der Waals surface area contributed by atoms with Gasteiger partial charge in [-0.15, -0.1) is 0 Å². The van der Waals surface area contributed by atoms with Crippen molar-refractivity contribution in [3.63, 3.8) is 0 Å². The molecular formula is C10H9Si. The lowest BCUT2D eigenvalue weighted by Gasteiger charge is -1.99. The maximum atomic E-state index is 2.16. The highest BCUT2D eigenvalue weighted by Crippen LogP contribution is 2.08. The molecule has 0 N–H and O–H groups in total. The van der Waals surface area contributed by atoms with Crippen molar-refractivity contribution >= 4 is 26.2 Å². The Kier molecular flexibility index (Phi) is 1.51. The van der Waals surface area contributed by atoms with Crippen LogP contribution in [0.4, 0.5) is 0 Å². The fourth-order valence-corrected chi connectivity index (χ4v) is 1.75. The molecule has 2 rings (SSSR count). The molecule has 0 spiro atoms. The lowest BCUT2D eigenvalue weighted by atomic mass is 10.1. The quantitative estimate of drug-likeness (QED) is 0.502. The monoisotopic (exact) mass is 157 g/mol. The first-order valence-electron chi connectivity index (χ1n) is 3.67. The van der Waals surface area contributed by atoms with Crippen LogP contribution >= 0.6 is 0 Å². The van der Waals surface area contributed by atoms with Gasteiger partial charge in [0, 0.05) is 10.2 Å². The van der Waals surface area contributed by atoms with E-state index in [9.17, 15) is 0 Å². The van der Waals surface area contributed by atoms with Crippen LogP contribution in [-0.2, 0) is 0 Å². The second-order valence-electron chi connectivity index (χ2n) is 2.64. The lowest BCUT2D eigenvalue weighted by molar-refractivity contribution is 1.78. The first-order valence-corrected chi connectivity index (χ1v) is 4.38. The van der Waals surface area contributed by atoms with E-state index in [1.807, 2.05) is 10.2 Å². The maximum absolute atomic E-state index is 2.16. The van der Waals surface area contributed by atoms with E-state index in [4.69, 9.17) is 0 Å². The molecule has 0 heterocycles. The number of benzene rings is 2. The molecule has 1 radical (unpaired) electrons. The molecule has 0 nitrogen and oxygen atoms in total. The summed E-state index contributed by atoms with van der Waals surface area (Å²) in [5.41, 5.74) is 0. The zero-order valence-electron chi connectivity index (χ0n) is 6.25. The highest BCUT2D eigenvalue weighted by Gasteiger charge is 1.91. The molecular weight excluding hydrogens is 148 g/mol. The number of rotatable bonds is 0. The highest BCUT2D eigenvalue weighted by molar-refractivity contribution is 6.38. The van der Waals surface area contributed by atoms with E-state index >= 15 is 0 Å². The van der Waals surface area contributed by atoms with Crippen LogP contribution in [0.25, 0.3) is 10.8 Å².